The summed E-state index contributed by atoms with van der Waals surface area (Å²) in [7, 11) is 1.53. The number of rotatable bonds is 1. The van der Waals surface area contributed by atoms with Gasteiger partial charge in [0.25, 0.3) is 0 Å². The average molecular weight is 167 g/mol. The van der Waals surface area contributed by atoms with Gasteiger partial charge in [-0.25, -0.2) is 0 Å². The average Bonchev–Trinajstić information content (AvgIpc) is 2.03. The van der Waals surface area contributed by atoms with Gasteiger partial charge in [-0.3, -0.25) is 0 Å². The molecule has 1 aromatic rings. The molecule has 0 fully saturated rings. The van der Waals surface area contributed by atoms with Crippen LogP contribution in [0.25, 0.3) is 0 Å². The monoisotopic (exact) mass is 167 g/mol. The fraction of sp³-hybridized carbons (Fsp3) is 0.625. The Kier molecular flexibility index (Phi) is 2.26. The van der Waals surface area contributed by atoms with Crippen LogP contribution in [-0.2, 0) is 5.41 Å². The number of hydrogen-bond donors (Lipinski definition) is 0. The Labute approximate surface area is 72.0 Å². The van der Waals surface area contributed by atoms with Crippen LogP contribution >= 0.6 is 0 Å². The van der Waals surface area contributed by atoms with Crippen LogP contribution in [-0.4, -0.2) is 22.3 Å². The van der Waals surface area contributed by atoms with Crippen LogP contribution in [0.3, 0.4) is 0 Å². The van der Waals surface area contributed by atoms with Crippen LogP contribution < -0.4 is 4.74 Å². The summed E-state index contributed by atoms with van der Waals surface area (Å²) in [5.41, 5.74) is 0.873. The van der Waals surface area contributed by atoms with Crippen molar-refractivity contribution in [3.8, 4) is 6.01 Å². The van der Waals surface area contributed by atoms with Crippen molar-refractivity contribution in [2.24, 2.45) is 0 Å². The summed E-state index contributed by atoms with van der Waals surface area (Å²) in [6, 6.07) is 0.322. The largest absolute Gasteiger partial charge is 0.466 e. The highest BCUT2D eigenvalue weighted by Crippen LogP contribution is 2.19. The summed E-state index contributed by atoms with van der Waals surface area (Å²) in [5.74, 6) is 0. The van der Waals surface area contributed by atoms with Crippen LogP contribution in [0.2, 0.25) is 0 Å². The lowest BCUT2D eigenvalue weighted by molar-refractivity contribution is 0.366. The van der Waals surface area contributed by atoms with Crippen molar-refractivity contribution in [1.82, 2.24) is 15.2 Å². The van der Waals surface area contributed by atoms with Crippen molar-refractivity contribution in [1.29, 1.82) is 0 Å². The Morgan fingerprint density at radius 3 is 2.50 bits per heavy atom. The first kappa shape index (κ1) is 8.90. The van der Waals surface area contributed by atoms with Crippen molar-refractivity contribution >= 4 is 0 Å². The van der Waals surface area contributed by atoms with Crippen LogP contribution in [0.15, 0.2) is 6.20 Å². The first-order chi connectivity index (χ1) is 5.54. The number of methoxy groups -OCH3 is 1. The van der Waals surface area contributed by atoms with Gasteiger partial charge in [0.1, 0.15) is 0 Å². The lowest BCUT2D eigenvalue weighted by Gasteiger charge is -2.16. The Morgan fingerprint density at radius 2 is 2.00 bits per heavy atom. The van der Waals surface area contributed by atoms with Gasteiger partial charge >= 0.3 is 6.01 Å². The molecule has 0 saturated heterocycles. The van der Waals surface area contributed by atoms with Gasteiger partial charge in [0, 0.05) is 5.41 Å². The third-order valence-electron chi connectivity index (χ3n) is 1.49. The highest BCUT2D eigenvalue weighted by Gasteiger charge is 2.16. The lowest BCUT2D eigenvalue weighted by atomic mass is 9.93. The smallest absolute Gasteiger partial charge is 0.335 e. The second kappa shape index (κ2) is 3.05. The number of nitrogens with zero attached hydrogens (tertiary/aromatic N) is 3. The minimum absolute atomic E-state index is 0.0107. The van der Waals surface area contributed by atoms with Crippen molar-refractivity contribution in [2.75, 3.05) is 7.11 Å². The maximum Gasteiger partial charge on any atom is 0.335 e. The summed E-state index contributed by atoms with van der Waals surface area (Å²) in [4.78, 5) is 4.17. The molecule has 0 aliphatic carbocycles. The highest BCUT2D eigenvalue weighted by atomic mass is 16.5. The molecular formula is C8H13N3O. The van der Waals surface area contributed by atoms with E-state index in [4.69, 9.17) is 4.74 Å². The molecule has 1 heterocycles. The number of ether oxygens (including phenoxy) is 1. The molecule has 0 aromatic carbocycles. The van der Waals surface area contributed by atoms with Gasteiger partial charge in [-0.15, -0.1) is 0 Å². The zero-order valence-electron chi connectivity index (χ0n) is 7.83. The van der Waals surface area contributed by atoms with Crippen LogP contribution in [0.1, 0.15) is 26.5 Å². The molecule has 0 atom stereocenters. The van der Waals surface area contributed by atoms with Crippen molar-refractivity contribution in [3.63, 3.8) is 0 Å². The Balaban J connectivity index is 3.02. The van der Waals surface area contributed by atoms with E-state index in [0.29, 0.717) is 6.01 Å². The summed E-state index contributed by atoms with van der Waals surface area (Å²) >= 11 is 0. The topological polar surface area (TPSA) is 47.9 Å². The van der Waals surface area contributed by atoms with Crippen molar-refractivity contribution < 1.29 is 4.74 Å². The van der Waals surface area contributed by atoms with E-state index in [1.54, 1.807) is 6.20 Å². The molecule has 4 nitrogen and oxygen atoms in total. The molecule has 12 heavy (non-hydrogen) atoms. The van der Waals surface area contributed by atoms with E-state index in [1.807, 2.05) is 0 Å². The van der Waals surface area contributed by atoms with Gasteiger partial charge in [-0.05, 0) is 0 Å². The van der Waals surface area contributed by atoms with Crippen molar-refractivity contribution in [2.45, 2.75) is 26.2 Å². The van der Waals surface area contributed by atoms with E-state index >= 15 is 0 Å². The van der Waals surface area contributed by atoms with E-state index in [9.17, 15) is 0 Å². The summed E-state index contributed by atoms with van der Waals surface area (Å²) < 4.78 is 4.87. The third kappa shape index (κ3) is 1.90. The molecule has 0 radical (unpaired) electrons. The third-order valence-corrected chi connectivity index (χ3v) is 1.49. The predicted molar refractivity (Wildman–Crippen MR) is 45.1 cm³/mol. The van der Waals surface area contributed by atoms with Crippen LogP contribution in [0.4, 0.5) is 0 Å². The first-order valence-electron chi connectivity index (χ1n) is 3.78. The normalized spacial score (nSPS) is 11.3. The molecular weight excluding hydrogens is 154 g/mol. The van der Waals surface area contributed by atoms with Crippen molar-refractivity contribution in [3.05, 3.63) is 11.9 Å². The highest BCUT2D eigenvalue weighted by molar-refractivity contribution is 5.09. The second-order valence-corrected chi connectivity index (χ2v) is 3.58. The fourth-order valence-corrected chi connectivity index (χ4v) is 0.735. The second-order valence-electron chi connectivity index (χ2n) is 3.58. The minimum atomic E-state index is -0.0107. The molecule has 0 bridgehead atoms. The zero-order chi connectivity index (χ0) is 9.19. The summed E-state index contributed by atoms with van der Waals surface area (Å²) in [6.07, 6.45) is 1.66. The first-order valence-corrected chi connectivity index (χ1v) is 3.78. The molecule has 0 unspecified atom stereocenters. The molecule has 0 N–H and O–H groups in total. The summed E-state index contributed by atoms with van der Waals surface area (Å²) in [5, 5.41) is 7.47. The van der Waals surface area contributed by atoms with Gasteiger partial charge < -0.3 is 4.74 Å². The van der Waals surface area contributed by atoms with Gasteiger partial charge in [0.05, 0.1) is 19.0 Å². The van der Waals surface area contributed by atoms with Gasteiger partial charge in [0.15, 0.2) is 0 Å². The Bertz CT molecular complexity index is 267. The molecule has 4 heteroatoms. The predicted octanol–water partition coefficient (Wildman–Crippen LogP) is 1.18. The van der Waals surface area contributed by atoms with E-state index in [0.717, 1.165) is 5.69 Å². The SMILES string of the molecule is COc1nncc(C(C)(C)C)n1. The fourth-order valence-electron chi connectivity index (χ4n) is 0.735. The Morgan fingerprint density at radius 1 is 1.33 bits per heavy atom. The maximum atomic E-state index is 4.87. The minimum Gasteiger partial charge on any atom is -0.466 e. The molecule has 0 saturated carbocycles. The van der Waals surface area contributed by atoms with Crippen LogP contribution in [0, 0.1) is 0 Å². The van der Waals surface area contributed by atoms with E-state index < -0.39 is 0 Å². The van der Waals surface area contributed by atoms with Gasteiger partial charge in [0.2, 0.25) is 0 Å². The zero-order valence-corrected chi connectivity index (χ0v) is 7.83. The van der Waals surface area contributed by atoms with Gasteiger partial charge in [-0.2, -0.15) is 10.1 Å². The van der Waals surface area contributed by atoms with Gasteiger partial charge in [-0.1, -0.05) is 25.9 Å². The number of hydrogen-bond acceptors (Lipinski definition) is 4. The quantitative estimate of drug-likeness (QED) is 0.630. The number of aromatic nitrogens is 3. The molecule has 0 amide bonds. The standard InChI is InChI=1S/C8H13N3O/c1-8(2,3)6-5-9-11-7(10-6)12-4/h5H,1-4H3. The molecule has 1 aromatic heterocycles. The maximum absolute atomic E-state index is 4.87. The summed E-state index contributed by atoms with van der Waals surface area (Å²) in [6.45, 7) is 6.20. The molecule has 0 aliphatic heterocycles. The van der Waals surface area contributed by atoms with E-state index in [-0.39, 0.29) is 5.41 Å². The molecule has 0 aliphatic rings. The molecule has 0 spiro atoms. The lowest BCUT2D eigenvalue weighted by Crippen LogP contribution is -2.15. The molecule has 66 valence electrons. The Hall–Kier alpha value is -1.19. The van der Waals surface area contributed by atoms with E-state index in [2.05, 4.69) is 36.0 Å². The van der Waals surface area contributed by atoms with Crippen LogP contribution in [0.5, 0.6) is 6.01 Å². The van der Waals surface area contributed by atoms with E-state index in [1.165, 1.54) is 7.11 Å². The molecule has 1 rings (SSSR count).